The van der Waals surface area contributed by atoms with Crippen molar-refractivity contribution in [2.45, 2.75) is 18.2 Å². The molecule has 1 rings (SSSR count). The van der Waals surface area contributed by atoms with E-state index in [0.29, 0.717) is 12.4 Å². The molecule has 6 nitrogen and oxygen atoms in total. The highest BCUT2D eigenvalue weighted by Gasteiger charge is 2.18. The molecule has 0 amide bonds. The van der Waals surface area contributed by atoms with Crippen molar-refractivity contribution < 1.29 is 13.5 Å². The maximum absolute atomic E-state index is 11.9. The Balaban J connectivity index is 2.98. The molecule has 0 saturated carbocycles. The molecule has 0 spiro atoms. The van der Waals surface area contributed by atoms with Crippen LogP contribution in [0.5, 0.6) is 0 Å². The zero-order valence-corrected chi connectivity index (χ0v) is 12.4. The Kier molecular flexibility index (Phi) is 5.71. The molecule has 1 aromatic rings. The number of pyridine rings is 1. The summed E-state index contributed by atoms with van der Waals surface area (Å²) >= 11 is 0. The summed E-state index contributed by atoms with van der Waals surface area (Å²) in [4.78, 5) is 6.26. The van der Waals surface area contributed by atoms with Crippen molar-refractivity contribution in [2.24, 2.45) is 0 Å². The van der Waals surface area contributed by atoms with Gasteiger partial charge in [-0.05, 0) is 18.6 Å². The topological polar surface area (TPSA) is 73.7 Å². The van der Waals surface area contributed by atoms with Crippen LogP contribution >= 0.6 is 0 Å². The molecule has 1 heterocycles. The van der Waals surface area contributed by atoms with Crippen molar-refractivity contribution in [3.8, 4) is 0 Å². The third-order valence-corrected chi connectivity index (χ3v) is 4.49. The summed E-state index contributed by atoms with van der Waals surface area (Å²) in [7, 11) is -0.472. The Morgan fingerprint density at radius 3 is 2.37 bits per heavy atom. The van der Waals surface area contributed by atoms with E-state index in [0.717, 1.165) is 17.3 Å². The minimum atomic E-state index is -3.44. The molecule has 0 aliphatic carbocycles. The second-order valence-corrected chi connectivity index (χ2v) is 6.50. The average molecular weight is 287 g/mol. The van der Waals surface area contributed by atoms with Gasteiger partial charge in [0.1, 0.15) is 10.7 Å². The average Bonchev–Trinajstić information content (AvgIpc) is 2.38. The van der Waals surface area contributed by atoms with E-state index < -0.39 is 10.0 Å². The zero-order valence-electron chi connectivity index (χ0n) is 11.6. The first kappa shape index (κ1) is 15.9. The van der Waals surface area contributed by atoms with Gasteiger partial charge in [-0.2, -0.15) is 0 Å². The van der Waals surface area contributed by atoms with Gasteiger partial charge in [0.2, 0.25) is 10.0 Å². The molecular weight excluding hydrogens is 266 g/mol. The van der Waals surface area contributed by atoms with Crippen molar-refractivity contribution in [3.63, 3.8) is 0 Å². The minimum Gasteiger partial charge on any atom is -0.395 e. The molecule has 0 bridgehead atoms. The van der Waals surface area contributed by atoms with E-state index in [1.54, 1.807) is 6.07 Å². The first-order valence-electron chi connectivity index (χ1n) is 6.18. The second kappa shape index (κ2) is 6.83. The normalized spacial score (nSPS) is 11.8. The molecule has 0 radical (unpaired) electrons. The fraction of sp³-hybridized carbons (Fsp3) is 0.583. The van der Waals surface area contributed by atoms with Crippen LogP contribution in [0.2, 0.25) is 0 Å². The third kappa shape index (κ3) is 3.89. The number of nitrogens with zero attached hydrogens (tertiary/aromatic N) is 3. The van der Waals surface area contributed by atoms with Gasteiger partial charge in [-0.1, -0.05) is 6.92 Å². The number of anilines is 1. The van der Waals surface area contributed by atoms with Crippen LogP contribution < -0.4 is 4.90 Å². The molecule has 0 fully saturated rings. The van der Waals surface area contributed by atoms with Gasteiger partial charge in [-0.3, -0.25) is 0 Å². The van der Waals surface area contributed by atoms with Gasteiger partial charge >= 0.3 is 0 Å². The monoisotopic (exact) mass is 287 g/mol. The quantitative estimate of drug-likeness (QED) is 0.792. The van der Waals surface area contributed by atoms with Crippen molar-refractivity contribution in [1.82, 2.24) is 9.29 Å². The number of aromatic nitrogens is 1. The number of hydrogen-bond acceptors (Lipinski definition) is 5. The van der Waals surface area contributed by atoms with Crippen LogP contribution in [0.1, 0.15) is 13.3 Å². The second-order valence-electron chi connectivity index (χ2n) is 4.35. The lowest BCUT2D eigenvalue weighted by molar-refractivity contribution is 0.301. The van der Waals surface area contributed by atoms with Gasteiger partial charge in [0.25, 0.3) is 0 Å². The number of aliphatic hydroxyl groups is 1. The Hall–Kier alpha value is -1.18. The van der Waals surface area contributed by atoms with E-state index in [9.17, 15) is 8.42 Å². The van der Waals surface area contributed by atoms with Gasteiger partial charge in [0, 0.05) is 33.4 Å². The van der Waals surface area contributed by atoms with E-state index in [2.05, 4.69) is 4.98 Å². The van der Waals surface area contributed by atoms with Crippen LogP contribution in [-0.2, 0) is 10.0 Å². The molecule has 1 aromatic heterocycles. The Morgan fingerprint density at radius 2 is 1.95 bits per heavy atom. The van der Waals surface area contributed by atoms with Gasteiger partial charge in [0.15, 0.2) is 0 Å². The fourth-order valence-electron chi connectivity index (χ4n) is 1.65. The van der Waals surface area contributed by atoms with E-state index >= 15 is 0 Å². The molecule has 0 aromatic carbocycles. The molecule has 108 valence electrons. The molecule has 0 aliphatic rings. The summed E-state index contributed by atoms with van der Waals surface area (Å²) in [5.74, 6) is 0.675. The van der Waals surface area contributed by atoms with E-state index in [-0.39, 0.29) is 11.5 Å². The standard InChI is InChI=1S/C12H21N3O3S/c1-4-7-15(8-9-16)12-6-5-11(10-13-12)19(17,18)14(2)3/h5-6,10,16H,4,7-9H2,1-3H3. The predicted octanol–water partition coefficient (Wildman–Crippen LogP) is 0.541. The summed E-state index contributed by atoms with van der Waals surface area (Å²) in [6, 6.07) is 3.21. The molecule has 7 heteroatoms. The predicted molar refractivity (Wildman–Crippen MR) is 74.7 cm³/mol. The Morgan fingerprint density at radius 1 is 1.26 bits per heavy atom. The number of sulfonamides is 1. The lowest BCUT2D eigenvalue weighted by Crippen LogP contribution is -2.28. The molecule has 0 aliphatic heterocycles. The van der Waals surface area contributed by atoms with Crippen molar-refractivity contribution >= 4 is 15.8 Å². The molecular formula is C12H21N3O3S. The van der Waals surface area contributed by atoms with E-state index in [1.807, 2.05) is 11.8 Å². The van der Waals surface area contributed by atoms with Crippen LogP contribution in [0.4, 0.5) is 5.82 Å². The van der Waals surface area contributed by atoms with Crippen LogP contribution in [0.15, 0.2) is 23.2 Å². The number of aliphatic hydroxyl groups excluding tert-OH is 1. The summed E-state index contributed by atoms with van der Waals surface area (Å²) in [5, 5.41) is 9.01. The fourth-order valence-corrected chi connectivity index (χ4v) is 2.50. The van der Waals surface area contributed by atoms with Crippen molar-refractivity contribution in [2.75, 3.05) is 38.7 Å². The number of rotatable bonds is 7. The lowest BCUT2D eigenvalue weighted by atomic mass is 10.3. The molecule has 19 heavy (non-hydrogen) atoms. The highest BCUT2D eigenvalue weighted by Crippen LogP contribution is 2.16. The molecule has 0 atom stereocenters. The van der Waals surface area contributed by atoms with Gasteiger partial charge in [-0.15, -0.1) is 0 Å². The molecule has 1 N–H and O–H groups in total. The minimum absolute atomic E-state index is 0.0411. The van der Waals surface area contributed by atoms with Crippen LogP contribution in [-0.4, -0.2) is 56.6 Å². The first-order chi connectivity index (χ1) is 8.93. The smallest absolute Gasteiger partial charge is 0.244 e. The number of hydrogen-bond donors (Lipinski definition) is 1. The van der Waals surface area contributed by atoms with Crippen molar-refractivity contribution in [1.29, 1.82) is 0 Å². The highest BCUT2D eigenvalue weighted by molar-refractivity contribution is 7.89. The third-order valence-electron chi connectivity index (χ3n) is 2.69. The largest absolute Gasteiger partial charge is 0.395 e. The summed E-state index contributed by atoms with van der Waals surface area (Å²) in [6.07, 6.45) is 2.28. The van der Waals surface area contributed by atoms with Crippen molar-refractivity contribution in [3.05, 3.63) is 18.3 Å². The van der Waals surface area contributed by atoms with E-state index in [1.165, 1.54) is 26.4 Å². The highest BCUT2D eigenvalue weighted by atomic mass is 32.2. The Bertz CT molecular complexity index is 479. The van der Waals surface area contributed by atoms with Gasteiger partial charge < -0.3 is 10.0 Å². The lowest BCUT2D eigenvalue weighted by Gasteiger charge is -2.22. The Labute approximate surface area is 114 Å². The van der Waals surface area contributed by atoms with Gasteiger partial charge in [-0.25, -0.2) is 17.7 Å². The maximum atomic E-state index is 11.9. The van der Waals surface area contributed by atoms with E-state index in [4.69, 9.17) is 5.11 Å². The summed E-state index contributed by atoms with van der Waals surface area (Å²) in [5.41, 5.74) is 0. The van der Waals surface area contributed by atoms with Crippen LogP contribution in [0.3, 0.4) is 0 Å². The zero-order chi connectivity index (χ0) is 14.5. The maximum Gasteiger partial charge on any atom is 0.244 e. The SMILES string of the molecule is CCCN(CCO)c1ccc(S(=O)(=O)N(C)C)cn1. The summed E-state index contributed by atoms with van der Waals surface area (Å²) < 4.78 is 24.9. The van der Waals surface area contributed by atoms with Gasteiger partial charge in [0.05, 0.1) is 6.61 Å². The summed E-state index contributed by atoms with van der Waals surface area (Å²) in [6.45, 7) is 3.34. The first-order valence-corrected chi connectivity index (χ1v) is 7.62. The molecule has 0 saturated heterocycles. The van der Waals surface area contributed by atoms with Crippen LogP contribution in [0, 0.1) is 0 Å². The molecule has 0 unspecified atom stereocenters. The van der Waals surface area contributed by atoms with Crippen LogP contribution in [0.25, 0.3) is 0 Å².